The number of halogens is 2. The summed E-state index contributed by atoms with van der Waals surface area (Å²) in [6.45, 7) is 1.98. The van der Waals surface area contributed by atoms with Crippen molar-refractivity contribution in [2.75, 3.05) is 5.73 Å². The quantitative estimate of drug-likeness (QED) is 0.730. The lowest BCUT2D eigenvalue weighted by Gasteiger charge is -2.04. The molecule has 0 aliphatic carbocycles. The van der Waals surface area contributed by atoms with Crippen LogP contribution in [0, 0.1) is 6.92 Å². The Bertz CT molecular complexity index is 778. The van der Waals surface area contributed by atoms with E-state index in [1.54, 1.807) is 18.2 Å². The summed E-state index contributed by atoms with van der Waals surface area (Å²) in [6, 6.07) is 11.1. The summed E-state index contributed by atoms with van der Waals surface area (Å²) in [5.74, 6) is 0.567. The van der Waals surface area contributed by atoms with Gasteiger partial charge in [-0.2, -0.15) is 0 Å². The Morgan fingerprint density at radius 1 is 1.16 bits per heavy atom. The van der Waals surface area contributed by atoms with E-state index in [9.17, 15) is 0 Å². The Hall–Kier alpha value is -1.71. The molecule has 1 aromatic carbocycles. The van der Waals surface area contributed by atoms with Gasteiger partial charge in [0, 0.05) is 16.3 Å². The zero-order valence-electron chi connectivity index (χ0n) is 10.2. The second-order valence-electron chi connectivity index (χ2n) is 4.33. The monoisotopic (exact) mass is 291 g/mol. The van der Waals surface area contributed by atoms with E-state index in [0.29, 0.717) is 21.6 Å². The molecule has 19 heavy (non-hydrogen) atoms. The molecule has 2 heterocycles. The number of nitrogen functional groups attached to an aromatic ring is 1. The van der Waals surface area contributed by atoms with Crippen molar-refractivity contribution in [3.05, 3.63) is 52.1 Å². The maximum absolute atomic E-state index is 6.21. The fourth-order valence-electron chi connectivity index (χ4n) is 2.16. The van der Waals surface area contributed by atoms with Crippen LogP contribution in [0.1, 0.15) is 5.69 Å². The average Bonchev–Trinajstić information content (AvgIpc) is 2.71. The van der Waals surface area contributed by atoms with Gasteiger partial charge < -0.3 is 5.73 Å². The first kappa shape index (κ1) is 12.3. The van der Waals surface area contributed by atoms with Crippen LogP contribution < -0.4 is 5.73 Å². The van der Waals surface area contributed by atoms with Crippen LogP contribution in [0.5, 0.6) is 0 Å². The maximum Gasteiger partial charge on any atom is 0.139 e. The van der Waals surface area contributed by atoms with Crippen molar-refractivity contribution in [2.45, 2.75) is 6.92 Å². The van der Waals surface area contributed by atoms with E-state index in [1.807, 2.05) is 29.5 Å². The van der Waals surface area contributed by atoms with Crippen LogP contribution in [0.2, 0.25) is 10.0 Å². The van der Waals surface area contributed by atoms with Gasteiger partial charge in [0.25, 0.3) is 0 Å². The van der Waals surface area contributed by atoms with Crippen LogP contribution in [0.15, 0.2) is 36.4 Å². The molecule has 0 radical (unpaired) electrons. The summed E-state index contributed by atoms with van der Waals surface area (Å²) >= 11 is 12.2. The number of nitrogens with two attached hydrogens (primary N) is 1. The van der Waals surface area contributed by atoms with E-state index in [0.717, 1.165) is 16.9 Å². The third-order valence-electron chi connectivity index (χ3n) is 3.06. The average molecular weight is 292 g/mol. The van der Waals surface area contributed by atoms with Crippen LogP contribution in [0.4, 0.5) is 5.82 Å². The Morgan fingerprint density at radius 3 is 2.68 bits per heavy atom. The number of pyridine rings is 1. The van der Waals surface area contributed by atoms with Crippen LogP contribution >= 0.6 is 23.2 Å². The molecule has 2 N–H and O–H groups in total. The van der Waals surface area contributed by atoms with Crippen molar-refractivity contribution >= 4 is 34.7 Å². The van der Waals surface area contributed by atoms with Gasteiger partial charge in [-0.25, -0.2) is 4.98 Å². The first-order valence-electron chi connectivity index (χ1n) is 5.77. The second-order valence-corrected chi connectivity index (χ2v) is 5.17. The highest BCUT2D eigenvalue weighted by atomic mass is 35.5. The largest absolute Gasteiger partial charge is 0.383 e. The molecule has 96 valence electrons. The molecule has 0 unspecified atom stereocenters. The van der Waals surface area contributed by atoms with Gasteiger partial charge in [0.15, 0.2) is 0 Å². The number of anilines is 1. The predicted molar refractivity (Wildman–Crippen MR) is 79.8 cm³/mol. The van der Waals surface area contributed by atoms with Gasteiger partial charge in [0.1, 0.15) is 17.2 Å². The normalized spacial score (nSPS) is 11.1. The summed E-state index contributed by atoms with van der Waals surface area (Å²) in [6.07, 6.45) is 0. The van der Waals surface area contributed by atoms with Crippen molar-refractivity contribution in [3.63, 3.8) is 0 Å². The lowest BCUT2D eigenvalue weighted by atomic mass is 10.1. The van der Waals surface area contributed by atoms with Crippen LogP contribution in [0.25, 0.3) is 16.9 Å². The minimum Gasteiger partial charge on any atom is -0.383 e. The third kappa shape index (κ3) is 1.95. The Kier molecular flexibility index (Phi) is 2.88. The number of aryl methyl sites for hydroxylation is 1. The molecule has 2 aromatic heterocycles. The molecule has 0 aliphatic heterocycles. The molecule has 0 fully saturated rings. The van der Waals surface area contributed by atoms with E-state index >= 15 is 0 Å². The zero-order chi connectivity index (χ0) is 13.6. The molecule has 3 aromatic rings. The minimum atomic E-state index is 0.567. The van der Waals surface area contributed by atoms with Gasteiger partial charge in [-0.1, -0.05) is 29.3 Å². The molecule has 0 saturated carbocycles. The van der Waals surface area contributed by atoms with Gasteiger partial charge in [-0.3, -0.25) is 4.40 Å². The second kappa shape index (κ2) is 4.44. The molecule has 0 spiro atoms. The van der Waals surface area contributed by atoms with Crippen molar-refractivity contribution in [2.24, 2.45) is 0 Å². The number of benzene rings is 1. The molecule has 0 aliphatic rings. The standard InChI is InChI=1S/C14H11Cl2N3/c1-8-3-2-4-12-18-13(14(17)19(8)12)10-7-9(15)5-6-11(10)16/h2-7H,17H2,1H3. The molecule has 0 amide bonds. The topological polar surface area (TPSA) is 43.3 Å². The van der Waals surface area contributed by atoms with Gasteiger partial charge in [0.05, 0.1) is 5.02 Å². The highest BCUT2D eigenvalue weighted by molar-refractivity contribution is 6.35. The van der Waals surface area contributed by atoms with E-state index in [4.69, 9.17) is 28.9 Å². The third-order valence-corrected chi connectivity index (χ3v) is 3.62. The summed E-state index contributed by atoms with van der Waals surface area (Å²) in [5.41, 5.74) is 9.40. The number of rotatable bonds is 1. The fourth-order valence-corrected chi connectivity index (χ4v) is 2.54. The number of hydrogen-bond donors (Lipinski definition) is 1. The molecule has 0 saturated heterocycles. The van der Waals surface area contributed by atoms with Crippen molar-refractivity contribution < 1.29 is 0 Å². The number of fused-ring (bicyclic) bond motifs is 1. The molecule has 3 rings (SSSR count). The predicted octanol–water partition coefficient (Wildman–Crippen LogP) is 4.20. The van der Waals surface area contributed by atoms with Crippen LogP contribution in [0.3, 0.4) is 0 Å². The Labute approximate surface area is 120 Å². The van der Waals surface area contributed by atoms with Crippen LogP contribution in [-0.4, -0.2) is 9.38 Å². The molecule has 5 heteroatoms. The molecule has 0 atom stereocenters. The van der Waals surface area contributed by atoms with Gasteiger partial charge in [-0.05, 0) is 37.3 Å². The Balaban J connectivity index is 2.34. The molecule has 0 bridgehead atoms. The molecule has 3 nitrogen and oxygen atoms in total. The highest BCUT2D eigenvalue weighted by Crippen LogP contribution is 2.34. The molecular weight excluding hydrogens is 281 g/mol. The first-order chi connectivity index (χ1) is 9.08. The van der Waals surface area contributed by atoms with E-state index in [-0.39, 0.29) is 0 Å². The van der Waals surface area contributed by atoms with Crippen molar-refractivity contribution in [3.8, 4) is 11.3 Å². The maximum atomic E-state index is 6.21. The Morgan fingerprint density at radius 2 is 1.95 bits per heavy atom. The number of imidazole rings is 1. The number of aromatic nitrogens is 2. The first-order valence-corrected chi connectivity index (χ1v) is 6.52. The summed E-state index contributed by atoms with van der Waals surface area (Å²) < 4.78 is 1.90. The number of hydrogen-bond acceptors (Lipinski definition) is 2. The van der Waals surface area contributed by atoms with Gasteiger partial charge in [-0.15, -0.1) is 0 Å². The zero-order valence-corrected chi connectivity index (χ0v) is 11.7. The van der Waals surface area contributed by atoms with E-state index in [1.165, 1.54) is 0 Å². The lowest BCUT2D eigenvalue weighted by Crippen LogP contribution is -1.97. The summed E-state index contributed by atoms with van der Waals surface area (Å²) in [7, 11) is 0. The van der Waals surface area contributed by atoms with E-state index in [2.05, 4.69) is 4.98 Å². The van der Waals surface area contributed by atoms with Gasteiger partial charge >= 0.3 is 0 Å². The lowest BCUT2D eigenvalue weighted by molar-refractivity contribution is 1.10. The minimum absolute atomic E-state index is 0.567. The van der Waals surface area contributed by atoms with Gasteiger partial charge in [0.2, 0.25) is 0 Å². The number of nitrogens with zero attached hydrogens (tertiary/aromatic N) is 2. The SMILES string of the molecule is Cc1cccc2nc(-c3cc(Cl)ccc3Cl)c(N)n12. The van der Waals surface area contributed by atoms with Crippen molar-refractivity contribution in [1.82, 2.24) is 9.38 Å². The van der Waals surface area contributed by atoms with E-state index < -0.39 is 0 Å². The van der Waals surface area contributed by atoms with Crippen LogP contribution in [-0.2, 0) is 0 Å². The molecular formula is C14H11Cl2N3. The smallest absolute Gasteiger partial charge is 0.139 e. The summed E-state index contributed by atoms with van der Waals surface area (Å²) in [4.78, 5) is 4.54. The fraction of sp³-hybridized carbons (Fsp3) is 0.0714. The van der Waals surface area contributed by atoms with Crippen molar-refractivity contribution in [1.29, 1.82) is 0 Å². The highest BCUT2D eigenvalue weighted by Gasteiger charge is 2.15. The summed E-state index contributed by atoms with van der Waals surface area (Å²) in [5, 5.41) is 1.18.